The zero-order chi connectivity index (χ0) is 15.2. The van der Waals surface area contributed by atoms with E-state index < -0.39 is 0 Å². The van der Waals surface area contributed by atoms with Gasteiger partial charge in [-0.25, -0.2) is 0 Å². The van der Waals surface area contributed by atoms with Gasteiger partial charge in [-0.2, -0.15) is 15.0 Å². The number of rotatable bonds is 6. The average Bonchev–Trinajstić information content (AvgIpc) is 2.49. The molecule has 1 heterocycles. The first kappa shape index (κ1) is 15.0. The van der Waals surface area contributed by atoms with E-state index >= 15 is 0 Å². The molecule has 2 N–H and O–H groups in total. The first-order valence-corrected chi connectivity index (χ1v) is 6.59. The molecule has 2 aromatic rings. The van der Waals surface area contributed by atoms with E-state index in [2.05, 4.69) is 25.6 Å². The van der Waals surface area contributed by atoms with Gasteiger partial charge in [0.1, 0.15) is 0 Å². The van der Waals surface area contributed by atoms with Crippen LogP contribution in [0.15, 0.2) is 24.3 Å². The Morgan fingerprint density at radius 3 is 2.48 bits per heavy atom. The Morgan fingerprint density at radius 2 is 1.81 bits per heavy atom. The van der Waals surface area contributed by atoms with E-state index in [1.54, 1.807) is 14.2 Å². The molecule has 0 aliphatic heterocycles. The first-order chi connectivity index (χ1) is 10.1. The number of aromatic nitrogens is 3. The lowest BCUT2D eigenvalue weighted by Crippen LogP contribution is -2.16. The number of hydrogen-bond acceptors (Lipinski definition) is 7. The van der Waals surface area contributed by atoms with Crippen LogP contribution in [0.2, 0.25) is 0 Å². The fourth-order valence-electron chi connectivity index (χ4n) is 1.78. The molecule has 21 heavy (non-hydrogen) atoms. The summed E-state index contributed by atoms with van der Waals surface area (Å²) in [5.74, 6) is 1.59. The van der Waals surface area contributed by atoms with Crippen LogP contribution in [0.5, 0.6) is 0 Å². The number of methoxy groups -OCH3 is 1. The molecule has 0 fully saturated rings. The highest BCUT2D eigenvalue weighted by molar-refractivity contribution is 5.59. The fraction of sp³-hybridized carbons (Fsp3) is 0.357. The normalized spacial score (nSPS) is 10.3. The van der Waals surface area contributed by atoms with Crippen molar-refractivity contribution in [2.24, 2.45) is 0 Å². The van der Waals surface area contributed by atoms with Crippen molar-refractivity contribution >= 4 is 23.5 Å². The zero-order valence-corrected chi connectivity index (χ0v) is 12.7. The third-order valence-corrected chi connectivity index (χ3v) is 2.81. The van der Waals surface area contributed by atoms with Gasteiger partial charge in [-0.15, -0.1) is 0 Å². The minimum Gasteiger partial charge on any atom is -0.380 e. The molecule has 7 nitrogen and oxygen atoms in total. The molecule has 0 saturated heterocycles. The van der Waals surface area contributed by atoms with Crippen LogP contribution in [0.4, 0.5) is 23.5 Å². The standard InChI is InChI=1S/C14H20N6O/c1-15-12-17-13(19-14(18-12)20(2)3)16-11-8-6-5-7-10(11)9-21-4/h5-8H,9H2,1-4H3,(H2,15,16,17,18,19). The summed E-state index contributed by atoms with van der Waals surface area (Å²) >= 11 is 0. The molecule has 1 aromatic carbocycles. The molecule has 0 aliphatic carbocycles. The molecule has 0 atom stereocenters. The van der Waals surface area contributed by atoms with Gasteiger partial charge in [0, 0.05) is 39.5 Å². The van der Waals surface area contributed by atoms with Crippen LogP contribution < -0.4 is 15.5 Å². The Hall–Kier alpha value is -2.41. The largest absolute Gasteiger partial charge is 0.380 e. The van der Waals surface area contributed by atoms with Crippen molar-refractivity contribution in [1.29, 1.82) is 0 Å². The monoisotopic (exact) mass is 288 g/mol. The van der Waals surface area contributed by atoms with E-state index in [1.807, 2.05) is 43.3 Å². The molecule has 2 rings (SSSR count). The van der Waals surface area contributed by atoms with Crippen LogP contribution in [0.3, 0.4) is 0 Å². The van der Waals surface area contributed by atoms with Gasteiger partial charge in [-0.1, -0.05) is 18.2 Å². The first-order valence-electron chi connectivity index (χ1n) is 6.59. The van der Waals surface area contributed by atoms with Gasteiger partial charge in [0.25, 0.3) is 0 Å². The molecule has 1 aromatic heterocycles. The number of nitrogens with zero attached hydrogens (tertiary/aromatic N) is 4. The van der Waals surface area contributed by atoms with Gasteiger partial charge in [0.15, 0.2) is 0 Å². The molecule has 0 unspecified atom stereocenters. The Bertz CT molecular complexity index is 602. The lowest BCUT2D eigenvalue weighted by Gasteiger charge is -2.14. The number of nitrogens with one attached hydrogen (secondary N) is 2. The molecule has 0 amide bonds. The molecule has 112 valence electrons. The van der Waals surface area contributed by atoms with Crippen molar-refractivity contribution in [2.75, 3.05) is 43.8 Å². The summed E-state index contributed by atoms with van der Waals surface area (Å²) in [6.45, 7) is 0.522. The third-order valence-electron chi connectivity index (χ3n) is 2.81. The van der Waals surface area contributed by atoms with Gasteiger partial charge in [-0.05, 0) is 6.07 Å². The highest BCUT2D eigenvalue weighted by Gasteiger charge is 2.09. The summed E-state index contributed by atoms with van der Waals surface area (Å²) in [7, 11) is 7.22. The summed E-state index contributed by atoms with van der Waals surface area (Å²) in [6, 6.07) is 7.89. The van der Waals surface area contributed by atoms with Crippen LogP contribution in [-0.2, 0) is 11.3 Å². The zero-order valence-electron chi connectivity index (χ0n) is 12.7. The van der Waals surface area contributed by atoms with E-state index in [9.17, 15) is 0 Å². The third kappa shape index (κ3) is 3.79. The maximum Gasteiger partial charge on any atom is 0.233 e. The minimum atomic E-state index is 0.488. The molecule has 0 aliphatic rings. The van der Waals surface area contributed by atoms with Crippen molar-refractivity contribution in [2.45, 2.75) is 6.61 Å². The molecular formula is C14H20N6O. The summed E-state index contributed by atoms with van der Waals surface area (Å²) in [5.41, 5.74) is 1.95. The highest BCUT2D eigenvalue weighted by Crippen LogP contribution is 2.21. The second-order valence-corrected chi connectivity index (χ2v) is 4.64. The maximum absolute atomic E-state index is 5.20. The lowest BCUT2D eigenvalue weighted by molar-refractivity contribution is 0.185. The number of hydrogen-bond donors (Lipinski definition) is 2. The molecule has 0 bridgehead atoms. The SMILES string of the molecule is CNc1nc(Nc2ccccc2COC)nc(N(C)C)n1. The molecular weight excluding hydrogens is 268 g/mol. The summed E-state index contributed by atoms with van der Waals surface area (Å²) in [5, 5.41) is 6.15. The van der Waals surface area contributed by atoms with Crippen molar-refractivity contribution < 1.29 is 4.74 Å². The van der Waals surface area contributed by atoms with Crippen LogP contribution in [-0.4, -0.2) is 43.2 Å². The molecule has 0 radical (unpaired) electrons. The maximum atomic E-state index is 5.20. The average molecular weight is 288 g/mol. The van der Waals surface area contributed by atoms with Crippen LogP contribution in [0.1, 0.15) is 5.56 Å². The quantitative estimate of drug-likeness (QED) is 0.840. The van der Waals surface area contributed by atoms with E-state index in [0.717, 1.165) is 11.3 Å². The molecule has 0 saturated carbocycles. The highest BCUT2D eigenvalue weighted by atomic mass is 16.5. The Labute approximate surface area is 124 Å². The number of ether oxygens (including phenoxy) is 1. The predicted octanol–water partition coefficient (Wildman–Crippen LogP) is 1.87. The van der Waals surface area contributed by atoms with E-state index in [0.29, 0.717) is 24.5 Å². The Kier molecular flexibility index (Phi) is 4.89. The molecule has 0 spiro atoms. The van der Waals surface area contributed by atoms with Gasteiger partial charge < -0.3 is 20.3 Å². The van der Waals surface area contributed by atoms with Crippen molar-refractivity contribution in [1.82, 2.24) is 15.0 Å². The van der Waals surface area contributed by atoms with Crippen molar-refractivity contribution in [3.63, 3.8) is 0 Å². The van der Waals surface area contributed by atoms with Crippen molar-refractivity contribution in [3.8, 4) is 0 Å². The Morgan fingerprint density at radius 1 is 1.10 bits per heavy atom. The second-order valence-electron chi connectivity index (χ2n) is 4.64. The van der Waals surface area contributed by atoms with E-state index in [4.69, 9.17) is 4.74 Å². The fourth-order valence-corrected chi connectivity index (χ4v) is 1.78. The summed E-state index contributed by atoms with van der Waals surface area (Å²) in [4.78, 5) is 14.8. The van der Waals surface area contributed by atoms with Gasteiger partial charge >= 0.3 is 0 Å². The number of anilines is 4. The van der Waals surface area contributed by atoms with Gasteiger partial charge in [-0.3, -0.25) is 0 Å². The minimum absolute atomic E-state index is 0.488. The van der Waals surface area contributed by atoms with Crippen LogP contribution in [0.25, 0.3) is 0 Å². The van der Waals surface area contributed by atoms with Gasteiger partial charge in [0.2, 0.25) is 17.8 Å². The predicted molar refractivity (Wildman–Crippen MR) is 84.1 cm³/mol. The molecule has 7 heteroatoms. The smallest absolute Gasteiger partial charge is 0.233 e. The number of benzene rings is 1. The Balaban J connectivity index is 2.32. The number of para-hydroxylation sites is 1. The van der Waals surface area contributed by atoms with Gasteiger partial charge in [0.05, 0.1) is 6.61 Å². The van der Waals surface area contributed by atoms with E-state index in [1.165, 1.54) is 0 Å². The van der Waals surface area contributed by atoms with Crippen molar-refractivity contribution in [3.05, 3.63) is 29.8 Å². The summed E-state index contributed by atoms with van der Waals surface area (Å²) < 4.78 is 5.20. The summed E-state index contributed by atoms with van der Waals surface area (Å²) in [6.07, 6.45) is 0. The second kappa shape index (κ2) is 6.85. The van der Waals surface area contributed by atoms with Crippen LogP contribution in [0, 0.1) is 0 Å². The topological polar surface area (TPSA) is 75.2 Å². The van der Waals surface area contributed by atoms with E-state index in [-0.39, 0.29) is 0 Å². The van der Waals surface area contributed by atoms with Crippen LogP contribution >= 0.6 is 0 Å². The lowest BCUT2D eigenvalue weighted by atomic mass is 10.2.